The molecule has 11 heteroatoms. The Hall–Kier alpha value is -4.14. The molecular weight excluding hydrogens is 583 g/mol. The minimum atomic E-state index is -0.959. The normalized spacial score (nSPS) is 24.0. The molecule has 0 amide bonds. The number of rotatable bonds is 5. The number of likely N-dealkylation sites (tertiary alicyclic amines) is 1. The van der Waals surface area contributed by atoms with Crippen molar-refractivity contribution in [2.75, 3.05) is 51.4 Å². The number of ether oxygens (including phenoxy) is 2. The number of halogens is 3. The summed E-state index contributed by atoms with van der Waals surface area (Å²) in [7, 11) is 1.95. The van der Waals surface area contributed by atoms with Gasteiger partial charge in [-0.1, -0.05) is 18.4 Å². The lowest BCUT2D eigenvalue weighted by atomic mass is 9.75. The fraction of sp³-hybridized carbons (Fsp3) is 0.441. The van der Waals surface area contributed by atoms with E-state index in [0.717, 1.165) is 25.7 Å². The molecule has 3 atom stereocenters. The van der Waals surface area contributed by atoms with E-state index in [4.69, 9.17) is 20.9 Å². The smallest absolute Gasteiger partial charge is 0.319 e. The number of nitrogens with zero attached hydrogens (tertiary/aromatic N) is 5. The molecular formula is C34H34F3N5O3. The Balaban J connectivity index is 1.37. The second-order valence-electron chi connectivity index (χ2n) is 12.4. The van der Waals surface area contributed by atoms with Gasteiger partial charge in [0.15, 0.2) is 5.82 Å². The Kier molecular flexibility index (Phi) is 7.66. The molecule has 2 aliphatic heterocycles. The monoisotopic (exact) mass is 617 g/mol. The Morgan fingerprint density at radius 1 is 1.18 bits per heavy atom. The highest BCUT2D eigenvalue weighted by Crippen LogP contribution is 2.48. The van der Waals surface area contributed by atoms with E-state index in [0.29, 0.717) is 55.9 Å². The number of hydrogen-bond acceptors (Lipinski definition) is 8. The van der Waals surface area contributed by atoms with Crippen molar-refractivity contribution in [1.82, 2.24) is 19.9 Å². The van der Waals surface area contributed by atoms with Crippen molar-refractivity contribution >= 4 is 27.5 Å². The SMILES string of the molecule is C#Cc1c(F)ccc2cc(O)cc(-c3ncc4c(N5CCCOCC5)nc(OC[C@]56CCC[C@H]5N(C)C[C@@H](F)C6)nc4c3F)c12. The highest BCUT2D eigenvalue weighted by molar-refractivity contribution is 6.03. The zero-order chi connectivity index (χ0) is 31.3. The number of hydrogen-bond donors (Lipinski definition) is 1. The number of phenolic OH excluding ortho intramolecular Hbond substituents is 1. The van der Waals surface area contributed by atoms with Crippen molar-refractivity contribution in [2.24, 2.45) is 5.41 Å². The van der Waals surface area contributed by atoms with Gasteiger partial charge in [-0.3, -0.25) is 9.88 Å². The lowest BCUT2D eigenvalue weighted by Gasteiger charge is -2.45. The minimum Gasteiger partial charge on any atom is -0.508 e. The van der Waals surface area contributed by atoms with E-state index < -0.39 is 17.8 Å². The van der Waals surface area contributed by atoms with Crippen LogP contribution in [0.2, 0.25) is 0 Å². The summed E-state index contributed by atoms with van der Waals surface area (Å²) in [5, 5.41) is 11.6. The molecule has 0 radical (unpaired) electrons. The van der Waals surface area contributed by atoms with Crippen LogP contribution in [-0.2, 0) is 4.74 Å². The van der Waals surface area contributed by atoms with Crippen LogP contribution < -0.4 is 9.64 Å². The lowest BCUT2D eigenvalue weighted by Crippen LogP contribution is -2.54. The fourth-order valence-electron chi connectivity index (χ4n) is 7.65. The molecule has 2 aromatic heterocycles. The molecule has 45 heavy (non-hydrogen) atoms. The van der Waals surface area contributed by atoms with Crippen LogP contribution in [0, 0.1) is 29.4 Å². The fourth-order valence-corrected chi connectivity index (χ4v) is 7.65. The van der Waals surface area contributed by atoms with Gasteiger partial charge in [0.1, 0.15) is 34.8 Å². The van der Waals surface area contributed by atoms with Gasteiger partial charge in [0.25, 0.3) is 0 Å². The van der Waals surface area contributed by atoms with E-state index in [2.05, 4.69) is 20.8 Å². The van der Waals surface area contributed by atoms with Crippen LogP contribution in [0.3, 0.4) is 0 Å². The number of alkyl halides is 1. The van der Waals surface area contributed by atoms with Gasteiger partial charge in [-0.25, -0.2) is 13.2 Å². The molecule has 0 bridgehead atoms. The molecule has 2 aromatic carbocycles. The molecule has 4 heterocycles. The van der Waals surface area contributed by atoms with Gasteiger partial charge in [-0.15, -0.1) is 6.42 Å². The maximum Gasteiger partial charge on any atom is 0.319 e. The van der Waals surface area contributed by atoms with Crippen molar-refractivity contribution < 1.29 is 27.8 Å². The van der Waals surface area contributed by atoms with Crippen LogP contribution in [0.25, 0.3) is 32.9 Å². The predicted molar refractivity (Wildman–Crippen MR) is 165 cm³/mol. The molecule has 1 aliphatic carbocycles. The first-order valence-electron chi connectivity index (χ1n) is 15.4. The third-order valence-corrected chi connectivity index (χ3v) is 9.61. The number of pyridine rings is 1. The summed E-state index contributed by atoms with van der Waals surface area (Å²) in [5.74, 6) is 1.24. The van der Waals surface area contributed by atoms with Gasteiger partial charge in [-0.05, 0) is 56.3 Å². The zero-order valence-electron chi connectivity index (χ0n) is 25.0. The molecule has 4 aromatic rings. The lowest BCUT2D eigenvalue weighted by molar-refractivity contribution is -0.0244. The standard InChI is InChI=1S/C34H34F3N5O3/c1-3-23-26(36)8-7-20-14-22(43)15-24(28(20)23)30-29(37)31-25(17-38-30)32(42-10-5-12-44-13-11-42)40-33(39-31)45-19-34-9-4-6-27(34)41(2)18-21(35)16-34/h1,7-8,14-15,17,21,27,43H,4-6,9-13,16,18-19H2,2H3/t21-,27+,34+/m0/s1. The average molecular weight is 618 g/mol. The highest BCUT2D eigenvalue weighted by Gasteiger charge is 2.50. The quantitative estimate of drug-likeness (QED) is 0.289. The third kappa shape index (κ3) is 5.20. The molecule has 0 unspecified atom stereocenters. The Morgan fingerprint density at radius 2 is 2.04 bits per heavy atom. The topological polar surface area (TPSA) is 83.8 Å². The summed E-state index contributed by atoms with van der Waals surface area (Å²) in [6.45, 7) is 2.82. The molecule has 1 N–H and O–H groups in total. The number of fused-ring (bicyclic) bond motifs is 3. The first-order chi connectivity index (χ1) is 21.8. The van der Waals surface area contributed by atoms with Crippen LogP contribution >= 0.6 is 0 Å². The van der Waals surface area contributed by atoms with Crippen molar-refractivity contribution in [2.45, 2.75) is 44.3 Å². The number of piperidine rings is 1. The van der Waals surface area contributed by atoms with Crippen molar-refractivity contribution in [3.05, 3.63) is 47.7 Å². The molecule has 234 valence electrons. The van der Waals surface area contributed by atoms with E-state index in [1.807, 2.05) is 11.9 Å². The number of aromatic nitrogens is 3. The summed E-state index contributed by atoms with van der Waals surface area (Å²) in [5.41, 5.74) is -0.502. The van der Waals surface area contributed by atoms with Crippen LogP contribution in [0.1, 0.15) is 37.7 Å². The van der Waals surface area contributed by atoms with Gasteiger partial charge in [0.2, 0.25) is 0 Å². The predicted octanol–water partition coefficient (Wildman–Crippen LogP) is 5.63. The number of phenols is 1. The van der Waals surface area contributed by atoms with Crippen LogP contribution in [0.5, 0.6) is 11.8 Å². The molecule has 0 spiro atoms. The maximum atomic E-state index is 16.7. The Bertz CT molecular complexity index is 1820. The van der Waals surface area contributed by atoms with E-state index in [-0.39, 0.29) is 57.5 Å². The van der Waals surface area contributed by atoms with Crippen molar-refractivity contribution in [3.63, 3.8) is 0 Å². The van der Waals surface area contributed by atoms with Gasteiger partial charge in [-0.2, -0.15) is 9.97 Å². The molecule has 3 aliphatic rings. The average Bonchev–Trinajstić information content (AvgIpc) is 3.26. The molecule has 1 saturated carbocycles. The van der Waals surface area contributed by atoms with Gasteiger partial charge in [0, 0.05) is 54.8 Å². The number of terminal acetylenes is 1. The number of benzene rings is 2. The molecule has 3 fully saturated rings. The van der Waals surface area contributed by atoms with Crippen molar-refractivity contribution in [3.8, 4) is 35.4 Å². The van der Waals surface area contributed by atoms with Crippen LogP contribution in [-0.4, -0.2) is 83.7 Å². The maximum absolute atomic E-state index is 16.7. The Morgan fingerprint density at radius 3 is 2.89 bits per heavy atom. The highest BCUT2D eigenvalue weighted by atomic mass is 19.1. The van der Waals surface area contributed by atoms with Gasteiger partial charge in [0.05, 0.1) is 24.2 Å². The van der Waals surface area contributed by atoms with E-state index in [9.17, 15) is 13.9 Å². The molecule has 7 rings (SSSR count). The first kappa shape index (κ1) is 29.6. The number of anilines is 1. The van der Waals surface area contributed by atoms with E-state index in [1.54, 1.807) is 0 Å². The summed E-state index contributed by atoms with van der Waals surface area (Å²) >= 11 is 0. The van der Waals surface area contributed by atoms with E-state index in [1.165, 1.54) is 30.5 Å². The third-order valence-electron chi connectivity index (χ3n) is 9.61. The first-order valence-corrected chi connectivity index (χ1v) is 15.4. The second-order valence-corrected chi connectivity index (χ2v) is 12.4. The van der Waals surface area contributed by atoms with Crippen molar-refractivity contribution in [1.29, 1.82) is 0 Å². The molecule has 2 saturated heterocycles. The number of aromatic hydroxyl groups is 1. The summed E-state index contributed by atoms with van der Waals surface area (Å²) in [4.78, 5) is 17.8. The second kappa shape index (κ2) is 11.7. The zero-order valence-corrected chi connectivity index (χ0v) is 25.0. The van der Waals surface area contributed by atoms with Crippen LogP contribution in [0.4, 0.5) is 19.0 Å². The van der Waals surface area contributed by atoms with Gasteiger partial charge < -0.3 is 19.5 Å². The largest absolute Gasteiger partial charge is 0.508 e. The summed E-state index contributed by atoms with van der Waals surface area (Å²) in [6.07, 6.45) is 10.1. The molecule has 8 nitrogen and oxygen atoms in total. The van der Waals surface area contributed by atoms with Gasteiger partial charge >= 0.3 is 6.01 Å². The summed E-state index contributed by atoms with van der Waals surface area (Å²) in [6, 6.07) is 5.61. The minimum absolute atomic E-state index is 0.0153. The Labute approximate surface area is 259 Å². The van der Waals surface area contributed by atoms with Crippen LogP contribution in [0.15, 0.2) is 30.5 Å². The van der Waals surface area contributed by atoms with E-state index >= 15 is 4.39 Å². The summed E-state index contributed by atoms with van der Waals surface area (Å²) < 4.78 is 58.3.